The molecule has 1 aromatic carbocycles. The summed E-state index contributed by atoms with van der Waals surface area (Å²) in [6, 6.07) is 7.56. The molecule has 0 atom stereocenters. The van der Waals surface area contributed by atoms with Gasteiger partial charge in [-0.25, -0.2) is 0 Å². The van der Waals surface area contributed by atoms with Gasteiger partial charge in [0.05, 0.1) is 0 Å². The topological polar surface area (TPSA) is 56.6 Å². The highest BCUT2D eigenvalue weighted by Gasteiger charge is 2.14. The third kappa shape index (κ3) is 3.16. The van der Waals surface area contributed by atoms with Gasteiger partial charge < -0.3 is 14.4 Å². The predicted molar refractivity (Wildman–Crippen MR) is 76.1 cm³/mol. The van der Waals surface area contributed by atoms with Crippen molar-refractivity contribution in [1.82, 2.24) is 14.7 Å². The lowest BCUT2D eigenvalue weighted by atomic mass is 10.2. The third-order valence-corrected chi connectivity index (χ3v) is 3.31. The monoisotopic (exact) mass is 287 g/mol. The molecule has 6 heteroatoms. The molecule has 21 heavy (non-hydrogen) atoms. The Hall–Kier alpha value is -2.50. The van der Waals surface area contributed by atoms with Crippen LogP contribution in [0.15, 0.2) is 36.7 Å². The van der Waals surface area contributed by atoms with Crippen molar-refractivity contribution in [2.75, 3.05) is 20.3 Å². The summed E-state index contributed by atoms with van der Waals surface area (Å²) in [5, 5.41) is 4.04. The Morgan fingerprint density at radius 2 is 2.14 bits per heavy atom. The fourth-order valence-electron chi connectivity index (χ4n) is 2.20. The second-order valence-corrected chi connectivity index (χ2v) is 4.93. The summed E-state index contributed by atoms with van der Waals surface area (Å²) >= 11 is 0. The van der Waals surface area contributed by atoms with Crippen LogP contribution in [0.3, 0.4) is 0 Å². The molecule has 1 aromatic heterocycles. The van der Waals surface area contributed by atoms with Gasteiger partial charge in [-0.15, -0.1) is 0 Å². The molecule has 1 aliphatic heterocycles. The first-order chi connectivity index (χ1) is 10.2. The number of rotatable bonds is 4. The molecule has 0 radical (unpaired) electrons. The number of carbonyl (C=O) groups excluding carboxylic acids is 1. The van der Waals surface area contributed by atoms with E-state index in [0.717, 1.165) is 17.1 Å². The summed E-state index contributed by atoms with van der Waals surface area (Å²) in [5.41, 5.74) is 1.01. The molecule has 110 valence electrons. The van der Waals surface area contributed by atoms with Crippen LogP contribution in [-0.2, 0) is 17.9 Å². The second-order valence-electron chi connectivity index (χ2n) is 4.93. The van der Waals surface area contributed by atoms with Crippen molar-refractivity contribution in [3.63, 3.8) is 0 Å². The number of carbonyl (C=O) groups is 1. The average molecular weight is 287 g/mol. The van der Waals surface area contributed by atoms with Crippen molar-refractivity contribution in [3.8, 4) is 11.5 Å². The number of fused-ring (bicyclic) bond motifs is 1. The van der Waals surface area contributed by atoms with Crippen molar-refractivity contribution in [1.29, 1.82) is 0 Å². The maximum Gasteiger partial charge on any atom is 0.244 e. The predicted octanol–water partition coefficient (Wildman–Crippen LogP) is 1.31. The molecular formula is C15H17N3O3. The molecule has 3 rings (SSSR count). The number of hydrogen-bond donors (Lipinski definition) is 0. The zero-order valence-corrected chi connectivity index (χ0v) is 11.9. The van der Waals surface area contributed by atoms with Crippen LogP contribution in [0.25, 0.3) is 0 Å². The van der Waals surface area contributed by atoms with E-state index >= 15 is 0 Å². The van der Waals surface area contributed by atoms with Crippen molar-refractivity contribution < 1.29 is 14.3 Å². The van der Waals surface area contributed by atoms with Gasteiger partial charge in [-0.2, -0.15) is 5.10 Å². The number of aromatic nitrogens is 2. The van der Waals surface area contributed by atoms with Crippen molar-refractivity contribution in [3.05, 3.63) is 42.2 Å². The van der Waals surface area contributed by atoms with Gasteiger partial charge in [-0.1, -0.05) is 6.07 Å². The minimum atomic E-state index is 0.00795. The SMILES string of the molecule is CN(Cc1ccc2c(c1)OCCO2)C(=O)Cn1cccn1. The van der Waals surface area contributed by atoms with E-state index in [1.54, 1.807) is 35.1 Å². The smallest absolute Gasteiger partial charge is 0.244 e. The molecular weight excluding hydrogens is 270 g/mol. The lowest BCUT2D eigenvalue weighted by Crippen LogP contribution is -2.30. The Morgan fingerprint density at radius 1 is 1.33 bits per heavy atom. The quantitative estimate of drug-likeness (QED) is 0.851. The molecule has 0 bridgehead atoms. The van der Waals surface area contributed by atoms with Crippen LogP contribution in [0, 0.1) is 0 Å². The number of hydrogen-bond acceptors (Lipinski definition) is 4. The van der Waals surface area contributed by atoms with Gasteiger partial charge in [0, 0.05) is 26.0 Å². The number of likely N-dealkylation sites (N-methyl/N-ethyl adjacent to an activating group) is 1. The van der Waals surface area contributed by atoms with Crippen molar-refractivity contribution >= 4 is 5.91 Å². The summed E-state index contributed by atoms with van der Waals surface area (Å²) in [6.45, 7) is 1.91. The summed E-state index contributed by atoms with van der Waals surface area (Å²) in [7, 11) is 1.78. The van der Waals surface area contributed by atoms with Gasteiger partial charge in [0.15, 0.2) is 11.5 Å². The standard InChI is InChI=1S/C15H17N3O3/c1-17(15(19)11-18-6-2-5-16-18)10-12-3-4-13-14(9-12)21-8-7-20-13/h2-6,9H,7-8,10-11H2,1H3. The Labute approximate surface area is 122 Å². The van der Waals surface area contributed by atoms with Crippen LogP contribution < -0.4 is 9.47 Å². The maximum atomic E-state index is 12.1. The van der Waals surface area contributed by atoms with Gasteiger partial charge in [0.1, 0.15) is 19.8 Å². The Bertz CT molecular complexity index is 625. The molecule has 2 aromatic rings. The van der Waals surface area contributed by atoms with Gasteiger partial charge >= 0.3 is 0 Å². The lowest BCUT2D eigenvalue weighted by molar-refractivity contribution is -0.131. The van der Waals surface area contributed by atoms with Crippen molar-refractivity contribution in [2.45, 2.75) is 13.1 Å². The molecule has 2 heterocycles. The van der Waals surface area contributed by atoms with E-state index in [0.29, 0.717) is 19.8 Å². The van der Waals surface area contributed by atoms with E-state index in [2.05, 4.69) is 5.10 Å². The molecule has 0 fully saturated rings. The number of benzene rings is 1. The van der Waals surface area contributed by atoms with E-state index in [9.17, 15) is 4.79 Å². The van der Waals surface area contributed by atoms with E-state index in [4.69, 9.17) is 9.47 Å². The molecule has 6 nitrogen and oxygen atoms in total. The van der Waals surface area contributed by atoms with Gasteiger partial charge in [-0.05, 0) is 23.8 Å². The largest absolute Gasteiger partial charge is 0.486 e. The molecule has 0 spiro atoms. The van der Waals surface area contributed by atoms with E-state index < -0.39 is 0 Å². The van der Waals surface area contributed by atoms with Gasteiger partial charge in [-0.3, -0.25) is 9.48 Å². The zero-order valence-electron chi connectivity index (χ0n) is 11.9. The summed E-state index contributed by atoms with van der Waals surface area (Å²) < 4.78 is 12.6. The minimum absolute atomic E-state index is 0.00795. The highest BCUT2D eigenvalue weighted by atomic mass is 16.6. The summed E-state index contributed by atoms with van der Waals surface area (Å²) in [5.74, 6) is 1.51. The Kier molecular flexibility index (Phi) is 3.77. The fraction of sp³-hybridized carbons (Fsp3) is 0.333. The molecule has 0 saturated heterocycles. The van der Waals surface area contributed by atoms with Crippen LogP contribution in [0.5, 0.6) is 11.5 Å². The second kappa shape index (κ2) is 5.87. The Balaban J connectivity index is 1.64. The summed E-state index contributed by atoms with van der Waals surface area (Å²) in [4.78, 5) is 13.8. The maximum absolute atomic E-state index is 12.1. The first-order valence-corrected chi connectivity index (χ1v) is 6.82. The zero-order chi connectivity index (χ0) is 14.7. The first-order valence-electron chi connectivity index (χ1n) is 6.82. The fourth-order valence-corrected chi connectivity index (χ4v) is 2.20. The van der Waals surface area contributed by atoms with Gasteiger partial charge in [0.2, 0.25) is 5.91 Å². The number of amides is 1. The lowest BCUT2D eigenvalue weighted by Gasteiger charge is -2.21. The number of ether oxygens (including phenoxy) is 2. The summed E-state index contributed by atoms with van der Waals surface area (Å²) in [6.07, 6.45) is 3.43. The third-order valence-electron chi connectivity index (χ3n) is 3.31. The first kappa shape index (κ1) is 13.5. The normalized spacial score (nSPS) is 13.0. The molecule has 0 N–H and O–H groups in total. The highest BCUT2D eigenvalue weighted by Crippen LogP contribution is 2.30. The van der Waals surface area contributed by atoms with Crippen LogP contribution in [0.2, 0.25) is 0 Å². The van der Waals surface area contributed by atoms with Gasteiger partial charge in [0.25, 0.3) is 0 Å². The van der Waals surface area contributed by atoms with Crippen LogP contribution in [-0.4, -0.2) is 40.8 Å². The minimum Gasteiger partial charge on any atom is -0.486 e. The molecule has 1 amide bonds. The van der Waals surface area contributed by atoms with E-state index in [1.807, 2.05) is 18.2 Å². The van der Waals surface area contributed by atoms with E-state index in [-0.39, 0.29) is 12.5 Å². The average Bonchev–Trinajstić information content (AvgIpc) is 3.00. The molecule has 0 aliphatic carbocycles. The molecule has 0 saturated carbocycles. The molecule has 0 unspecified atom stereocenters. The van der Waals surface area contributed by atoms with Crippen LogP contribution in [0.1, 0.15) is 5.56 Å². The van der Waals surface area contributed by atoms with Crippen LogP contribution >= 0.6 is 0 Å². The number of nitrogens with zero attached hydrogens (tertiary/aromatic N) is 3. The highest BCUT2D eigenvalue weighted by molar-refractivity contribution is 5.75. The van der Waals surface area contributed by atoms with Crippen molar-refractivity contribution in [2.24, 2.45) is 0 Å². The van der Waals surface area contributed by atoms with E-state index in [1.165, 1.54) is 0 Å². The Morgan fingerprint density at radius 3 is 2.90 bits per heavy atom. The van der Waals surface area contributed by atoms with Crippen LogP contribution in [0.4, 0.5) is 0 Å². The molecule has 1 aliphatic rings.